The molecule has 1 aliphatic rings. The highest BCUT2D eigenvalue weighted by Gasteiger charge is 2.17. The average molecular weight is 379 g/mol. The first kappa shape index (κ1) is 15.8. The van der Waals surface area contributed by atoms with Crippen molar-refractivity contribution < 1.29 is 9.47 Å². The van der Waals surface area contributed by atoms with Gasteiger partial charge in [0.1, 0.15) is 6.54 Å². The topological polar surface area (TPSA) is 87.0 Å². The van der Waals surface area contributed by atoms with Crippen LogP contribution in [-0.2, 0) is 6.54 Å². The predicted molar refractivity (Wildman–Crippen MR) is 100.0 cm³/mol. The summed E-state index contributed by atoms with van der Waals surface area (Å²) in [6, 6.07) is 12.8. The van der Waals surface area contributed by atoms with E-state index in [1.807, 2.05) is 36.4 Å². The van der Waals surface area contributed by atoms with Gasteiger partial charge < -0.3 is 9.47 Å². The second kappa shape index (κ2) is 6.06. The average Bonchev–Trinajstić information content (AvgIpc) is 3.30. The molecule has 0 atom stereocenters. The Morgan fingerprint density at radius 2 is 2.00 bits per heavy atom. The minimum absolute atomic E-state index is 0.172. The van der Waals surface area contributed by atoms with Crippen LogP contribution in [0.2, 0.25) is 0 Å². The molecule has 2 aromatic carbocycles. The Bertz CT molecular complexity index is 1290. The van der Waals surface area contributed by atoms with E-state index in [0.29, 0.717) is 27.5 Å². The van der Waals surface area contributed by atoms with Gasteiger partial charge in [0.15, 0.2) is 22.1 Å². The van der Waals surface area contributed by atoms with Crippen LogP contribution < -0.4 is 15.0 Å². The van der Waals surface area contributed by atoms with Gasteiger partial charge in [-0.25, -0.2) is 4.68 Å². The number of aromatic amines is 1. The summed E-state index contributed by atoms with van der Waals surface area (Å²) in [5, 5.41) is 12.7. The van der Waals surface area contributed by atoms with Gasteiger partial charge >= 0.3 is 0 Å². The number of rotatable bonds is 3. The van der Waals surface area contributed by atoms with Crippen LogP contribution in [0.3, 0.4) is 0 Å². The van der Waals surface area contributed by atoms with E-state index in [1.54, 1.807) is 16.8 Å². The Labute approximate surface area is 157 Å². The number of benzene rings is 2. The molecule has 134 valence electrons. The number of H-pyrrole nitrogens is 1. The molecule has 1 aliphatic heterocycles. The van der Waals surface area contributed by atoms with Gasteiger partial charge in [-0.2, -0.15) is 10.2 Å². The van der Waals surface area contributed by atoms with Crippen molar-refractivity contribution in [1.82, 2.24) is 24.5 Å². The van der Waals surface area contributed by atoms with Crippen LogP contribution in [0.1, 0.15) is 5.82 Å². The number of nitrogens with one attached hydrogen (secondary N) is 1. The number of hydrogen-bond acceptors (Lipinski definition) is 6. The molecule has 0 amide bonds. The van der Waals surface area contributed by atoms with Gasteiger partial charge in [0, 0.05) is 11.5 Å². The summed E-state index contributed by atoms with van der Waals surface area (Å²) >= 11 is 5.37. The van der Waals surface area contributed by atoms with Gasteiger partial charge in [-0.05, 0) is 30.4 Å². The molecule has 0 bridgehead atoms. The van der Waals surface area contributed by atoms with Crippen molar-refractivity contribution in [1.29, 1.82) is 0 Å². The van der Waals surface area contributed by atoms with Crippen molar-refractivity contribution >= 4 is 23.0 Å². The van der Waals surface area contributed by atoms with Crippen molar-refractivity contribution in [3.05, 3.63) is 69.6 Å². The van der Waals surface area contributed by atoms with Gasteiger partial charge in [-0.1, -0.05) is 18.2 Å². The Morgan fingerprint density at radius 3 is 2.93 bits per heavy atom. The number of ether oxygens (including phenoxy) is 2. The fraction of sp³-hybridized carbons (Fsp3) is 0.111. The minimum Gasteiger partial charge on any atom is -0.454 e. The van der Waals surface area contributed by atoms with Crippen molar-refractivity contribution in [3.8, 4) is 17.2 Å². The fourth-order valence-electron chi connectivity index (χ4n) is 3.10. The molecule has 0 fully saturated rings. The number of hydrogen-bond donors (Lipinski definition) is 1. The van der Waals surface area contributed by atoms with Crippen molar-refractivity contribution in [3.63, 3.8) is 0 Å². The zero-order valence-electron chi connectivity index (χ0n) is 14.0. The SMILES string of the molecule is O=c1c2ccccc2cnn1Cc1n[nH]c(=S)n1-c1ccc2c(c1)OCO2. The normalized spacial score (nSPS) is 12.6. The second-order valence-corrected chi connectivity index (χ2v) is 6.40. The molecule has 0 saturated carbocycles. The van der Waals surface area contributed by atoms with E-state index in [9.17, 15) is 4.79 Å². The standard InChI is InChI=1S/C18H13N5O3S/c24-17-13-4-2-1-3-11(13)8-19-22(17)9-16-20-21-18(27)23(16)12-5-6-14-15(7-12)26-10-25-14/h1-8H,9-10H2,(H,21,27). The summed E-state index contributed by atoms with van der Waals surface area (Å²) < 4.78 is 14.3. The monoisotopic (exact) mass is 379 g/mol. The Kier molecular flexibility index (Phi) is 3.54. The summed E-state index contributed by atoms with van der Waals surface area (Å²) in [5.74, 6) is 1.88. The molecule has 8 nitrogen and oxygen atoms in total. The van der Waals surface area contributed by atoms with Gasteiger partial charge in [-0.3, -0.25) is 14.5 Å². The highest BCUT2D eigenvalue weighted by atomic mass is 32.1. The lowest BCUT2D eigenvalue weighted by Gasteiger charge is -2.09. The second-order valence-electron chi connectivity index (χ2n) is 6.01. The van der Waals surface area contributed by atoms with E-state index in [1.165, 1.54) is 4.68 Å². The predicted octanol–water partition coefficient (Wildman–Crippen LogP) is 2.42. The molecule has 4 aromatic rings. The molecular weight excluding hydrogens is 366 g/mol. The zero-order chi connectivity index (χ0) is 18.4. The lowest BCUT2D eigenvalue weighted by molar-refractivity contribution is 0.174. The van der Waals surface area contributed by atoms with E-state index >= 15 is 0 Å². The van der Waals surface area contributed by atoms with E-state index in [4.69, 9.17) is 21.7 Å². The van der Waals surface area contributed by atoms with Crippen molar-refractivity contribution in [2.45, 2.75) is 6.54 Å². The van der Waals surface area contributed by atoms with Crippen LogP contribution >= 0.6 is 12.2 Å². The maximum atomic E-state index is 12.7. The summed E-state index contributed by atoms with van der Waals surface area (Å²) in [7, 11) is 0. The molecule has 3 heterocycles. The first-order valence-electron chi connectivity index (χ1n) is 8.22. The van der Waals surface area contributed by atoms with E-state index in [-0.39, 0.29) is 18.9 Å². The van der Waals surface area contributed by atoms with Gasteiger partial charge in [0.05, 0.1) is 17.3 Å². The molecule has 0 aliphatic carbocycles. The Balaban J connectivity index is 1.59. The summed E-state index contributed by atoms with van der Waals surface area (Å²) in [6.07, 6.45) is 1.67. The van der Waals surface area contributed by atoms with E-state index in [0.717, 1.165) is 11.1 Å². The maximum absolute atomic E-state index is 12.7. The molecule has 0 saturated heterocycles. The van der Waals surface area contributed by atoms with Crippen molar-refractivity contribution in [2.75, 3.05) is 6.79 Å². The van der Waals surface area contributed by atoms with Crippen LogP contribution in [0.15, 0.2) is 53.5 Å². The van der Waals surface area contributed by atoms with Gasteiger partial charge in [0.25, 0.3) is 5.56 Å². The maximum Gasteiger partial charge on any atom is 0.275 e. The highest BCUT2D eigenvalue weighted by Crippen LogP contribution is 2.33. The molecule has 2 aromatic heterocycles. The lowest BCUT2D eigenvalue weighted by Crippen LogP contribution is -2.24. The van der Waals surface area contributed by atoms with Crippen LogP contribution in [0.5, 0.6) is 11.5 Å². The fourth-order valence-corrected chi connectivity index (χ4v) is 3.36. The van der Waals surface area contributed by atoms with Crippen molar-refractivity contribution in [2.24, 2.45) is 0 Å². The number of nitrogens with zero attached hydrogens (tertiary/aromatic N) is 4. The molecule has 9 heteroatoms. The Hall–Kier alpha value is -3.46. The summed E-state index contributed by atoms with van der Waals surface area (Å²) in [5.41, 5.74) is 0.584. The smallest absolute Gasteiger partial charge is 0.275 e. The van der Waals surface area contributed by atoms with Crippen LogP contribution in [0.25, 0.3) is 16.5 Å². The van der Waals surface area contributed by atoms with Crippen LogP contribution in [-0.4, -0.2) is 31.3 Å². The number of fused-ring (bicyclic) bond motifs is 2. The minimum atomic E-state index is -0.181. The van der Waals surface area contributed by atoms with Crippen LogP contribution in [0.4, 0.5) is 0 Å². The third-order valence-electron chi connectivity index (χ3n) is 4.41. The molecule has 0 radical (unpaired) electrons. The van der Waals surface area contributed by atoms with Crippen LogP contribution in [0, 0.1) is 4.77 Å². The van der Waals surface area contributed by atoms with E-state index < -0.39 is 0 Å². The summed E-state index contributed by atoms with van der Waals surface area (Å²) in [6.45, 7) is 0.365. The van der Waals surface area contributed by atoms with E-state index in [2.05, 4.69) is 15.3 Å². The quantitative estimate of drug-likeness (QED) is 0.550. The lowest BCUT2D eigenvalue weighted by atomic mass is 10.2. The summed E-state index contributed by atoms with van der Waals surface area (Å²) in [4.78, 5) is 12.7. The Morgan fingerprint density at radius 1 is 1.15 bits per heavy atom. The molecule has 5 rings (SSSR count). The third kappa shape index (κ3) is 2.59. The highest BCUT2D eigenvalue weighted by molar-refractivity contribution is 7.71. The van der Waals surface area contributed by atoms with Gasteiger partial charge in [0.2, 0.25) is 6.79 Å². The molecule has 27 heavy (non-hydrogen) atoms. The third-order valence-corrected chi connectivity index (χ3v) is 4.68. The molecule has 0 unspecified atom stereocenters. The molecule has 0 spiro atoms. The first-order valence-corrected chi connectivity index (χ1v) is 8.63. The number of aromatic nitrogens is 5. The molecular formula is C18H13N5O3S. The zero-order valence-corrected chi connectivity index (χ0v) is 14.8. The largest absolute Gasteiger partial charge is 0.454 e. The van der Waals surface area contributed by atoms with Gasteiger partial charge in [-0.15, -0.1) is 0 Å². The molecule has 1 N–H and O–H groups in total. The first-order chi connectivity index (χ1) is 13.2.